The number of carbonyl (C=O) groups is 1. The van der Waals surface area contributed by atoms with Crippen LogP contribution in [0.2, 0.25) is 0 Å². The van der Waals surface area contributed by atoms with Crippen molar-refractivity contribution in [1.82, 2.24) is 5.01 Å². The first kappa shape index (κ1) is 19.1. The molecule has 1 unspecified atom stereocenters. The van der Waals surface area contributed by atoms with E-state index in [1.165, 1.54) is 24.1 Å². The summed E-state index contributed by atoms with van der Waals surface area (Å²) in [6.07, 6.45) is 0.545. The van der Waals surface area contributed by atoms with Gasteiger partial charge in [-0.05, 0) is 46.2 Å². The smallest absolute Gasteiger partial charge is 0.371 e. The Morgan fingerprint density at radius 1 is 1.07 bits per heavy atom. The molecule has 1 heterocycles. The zero-order valence-corrected chi connectivity index (χ0v) is 16.5. The zero-order chi connectivity index (χ0) is 20.6. The summed E-state index contributed by atoms with van der Waals surface area (Å²) in [5, 5.41) is 13.1. The van der Waals surface area contributed by atoms with Crippen LogP contribution in [0.4, 0.5) is 0 Å². The van der Waals surface area contributed by atoms with E-state index in [2.05, 4.69) is 9.28 Å². The maximum absolute atomic E-state index is 12.3. The van der Waals surface area contributed by atoms with Crippen LogP contribution in [0.5, 0.6) is 5.75 Å². The van der Waals surface area contributed by atoms with Crippen molar-refractivity contribution in [2.45, 2.75) is 19.4 Å². The number of rotatable bonds is 4. The van der Waals surface area contributed by atoms with Gasteiger partial charge in [0.05, 0.1) is 11.8 Å². The average molecular weight is 409 g/mol. The van der Waals surface area contributed by atoms with Crippen LogP contribution in [0.1, 0.15) is 30.5 Å². The van der Waals surface area contributed by atoms with Gasteiger partial charge in [-0.1, -0.05) is 42.5 Å². The van der Waals surface area contributed by atoms with Crippen molar-refractivity contribution in [1.29, 1.82) is 0 Å². The van der Waals surface area contributed by atoms with Crippen LogP contribution in [0.25, 0.3) is 10.8 Å². The molecule has 2 N–H and O–H groups in total. The molecule has 8 heteroatoms. The molecule has 0 bridgehead atoms. The predicted octanol–water partition coefficient (Wildman–Crippen LogP) is 3.12. The summed E-state index contributed by atoms with van der Waals surface area (Å²) in [5.74, 6) is -0.0315. The SMILES string of the molecule is CC(=O)N1N=C(c2ccc(OS(N)(=O)=O)cc2)CC1c1cccc2ccccc12. The van der Waals surface area contributed by atoms with E-state index in [9.17, 15) is 13.2 Å². The first-order valence-electron chi connectivity index (χ1n) is 8.99. The predicted molar refractivity (Wildman–Crippen MR) is 111 cm³/mol. The second-order valence-corrected chi connectivity index (χ2v) is 7.95. The summed E-state index contributed by atoms with van der Waals surface area (Å²) in [7, 11) is -4.08. The second-order valence-electron chi connectivity index (χ2n) is 6.80. The fourth-order valence-corrected chi connectivity index (χ4v) is 3.97. The van der Waals surface area contributed by atoms with E-state index >= 15 is 0 Å². The quantitative estimate of drug-likeness (QED) is 0.715. The van der Waals surface area contributed by atoms with Gasteiger partial charge in [0.2, 0.25) is 5.91 Å². The molecule has 1 aliphatic heterocycles. The summed E-state index contributed by atoms with van der Waals surface area (Å²) in [6, 6.07) is 20.3. The lowest BCUT2D eigenvalue weighted by atomic mass is 9.94. The molecule has 29 heavy (non-hydrogen) atoms. The maximum Gasteiger partial charge on any atom is 0.380 e. The minimum Gasteiger partial charge on any atom is -0.371 e. The Labute approximate surface area is 168 Å². The fraction of sp³-hybridized carbons (Fsp3) is 0.143. The highest BCUT2D eigenvalue weighted by molar-refractivity contribution is 7.84. The lowest BCUT2D eigenvalue weighted by molar-refractivity contribution is -0.130. The number of nitrogens with two attached hydrogens (primary N) is 1. The molecule has 7 nitrogen and oxygen atoms in total. The van der Waals surface area contributed by atoms with Crippen molar-refractivity contribution in [3.8, 4) is 5.75 Å². The number of hydrogen-bond donors (Lipinski definition) is 1. The van der Waals surface area contributed by atoms with Gasteiger partial charge < -0.3 is 4.18 Å². The highest BCUT2D eigenvalue weighted by Crippen LogP contribution is 2.36. The van der Waals surface area contributed by atoms with E-state index in [-0.39, 0.29) is 17.7 Å². The lowest BCUT2D eigenvalue weighted by Gasteiger charge is -2.22. The molecule has 0 spiro atoms. The van der Waals surface area contributed by atoms with Gasteiger partial charge in [0.25, 0.3) is 0 Å². The van der Waals surface area contributed by atoms with Crippen LogP contribution in [-0.4, -0.2) is 25.0 Å². The van der Waals surface area contributed by atoms with Gasteiger partial charge in [-0.3, -0.25) is 4.79 Å². The third kappa shape index (κ3) is 3.98. The Bertz CT molecular complexity index is 1210. The van der Waals surface area contributed by atoms with E-state index in [0.29, 0.717) is 6.42 Å². The third-order valence-electron chi connectivity index (χ3n) is 4.82. The van der Waals surface area contributed by atoms with Crippen LogP contribution < -0.4 is 9.32 Å². The minimum absolute atomic E-state index is 0.115. The molecule has 3 aromatic rings. The average Bonchev–Trinajstić information content (AvgIpc) is 3.12. The highest BCUT2D eigenvalue weighted by Gasteiger charge is 2.32. The molecule has 0 radical (unpaired) electrons. The number of amides is 1. The molecule has 3 aromatic carbocycles. The molecule has 148 valence electrons. The van der Waals surface area contributed by atoms with Crippen LogP contribution in [0, 0.1) is 0 Å². The molecular formula is C21H19N3O4S. The molecular weight excluding hydrogens is 390 g/mol. The summed E-state index contributed by atoms with van der Waals surface area (Å²) < 4.78 is 26.8. The Kier molecular flexibility index (Phi) is 4.81. The molecule has 0 aromatic heterocycles. The number of hydrogen-bond acceptors (Lipinski definition) is 5. The Morgan fingerprint density at radius 2 is 1.76 bits per heavy atom. The number of carbonyl (C=O) groups excluding carboxylic acids is 1. The van der Waals surface area contributed by atoms with Crippen molar-refractivity contribution >= 4 is 32.7 Å². The van der Waals surface area contributed by atoms with E-state index in [4.69, 9.17) is 5.14 Å². The van der Waals surface area contributed by atoms with Crippen LogP contribution in [0.3, 0.4) is 0 Å². The minimum atomic E-state index is -4.08. The summed E-state index contributed by atoms with van der Waals surface area (Å²) in [4.78, 5) is 12.3. The molecule has 1 amide bonds. The number of benzene rings is 3. The standard InChI is InChI=1S/C21H19N3O4S/c1-14(25)24-21(19-8-4-6-15-5-2-3-7-18(15)19)13-20(23-24)16-9-11-17(12-10-16)28-29(22,26)27/h2-12,21H,13H2,1H3,(H2,22,26,27). The largest absolute Gasteiger partial charge is 0.380 e. The van der Waals surface area contributed by atoms with E-state index < -0.39 is 10.3 Å². The van der Waals surface area contributed by atoms with Crippen molar-refractivity contribution < 1.29 is 17.4 Å². The number of fused-ring (bicyclic) bond motifs is 1. The molecule has 1 aliphatic rings. The van der Waals surface area contributed by atoms with E-state index in [0.717, 1.165) is 27.6 Å². The second kappa shape index (κ2) is 7.31. The van der Waals surface area contributed by atoms with E-state index in [1.807, 2.05) is 42.5 Å². The maximum atomic E-state index is 12.3. The first-order chi connectivity index (χ1) is 13.8. The van der Waals surface area contributed by atoms with Crippen LogP contribution in [-0.2, 0) is 15.1 Å². The molecule has 0 saturated heterocycles. The van der Waals surface area contributed by atoms with Gasteiger partial charge in [0.1, 0.15) is 5.75 Å². The van der Waals surface area contributed by atoms with Crippen molar-refractivity contribution in [2.75, 3.05) is 0 Å². The van der Waals surface area contributed by atoms with Crippen molar-refractivity contribution in [3.63, 3.8) is 0 Å². The Hall–Kier alpha value is -3.23. The molecule has 0 saturated carbocycles. The fourth-order valence-electron chi connectivity index (χ4n) is 3.60. The van der Waals surface area contributed by atoms with Gasteiger partial charge in [-0.2, -0.15) is 18.7 Å². The van der Waals surface area contributed by atoms with Gasteiger partial charge in [-0.25, -0.2) is 5.01 Å². The molecule has 1 atom stereocenters. The highest BCUT2D eigenvalue weighted by atomic mass is 32.2. The normalized spacial score (nSPS) is 16.7. The lowest BCUT2D eigenvalue weighted by Crippen LogP contribution is -2.24. The summed E-state index contributed by atoms with van der Waals surface area (Å²) in [6.45, 7) is 1.49. The van der Waals surface area contributed by atoms with Crippen LogP contribution in [0.15, 0.2) is 71.8 Å². The molecule has 0 aliphatic carbocycles. The van der Waals surface area contributed by atoms with Gasteiger partial charge in [-0.15, -0.1) is 0 Å². The zero-order valence-electron chi connectivity index (χ0n) is 15.6. The number of nitrogens with zero attached hydrogens (tertiary/aromatic N) is 2. The van der Waals surface area contributed by atoms with Crippen molar-refractivity contribution in [2.24, 2.45) is 10.2 Å². The molecule has 4 rings (SSSR count). The van der Waals surface area contributed by atoms with Gasteiger partial charge >= 0.3 is 10.3 Å². The topological polar surface area (TPSA) is 102 Å². The Morgan fingerprint density at radius 3 is 2.45 bits per heavy atom. The van der Waals surface area contributed by atoms with E-state index in [1.54, 1.807) is 12.1 Å². The monoisotopic (exact) mass is 409 g/mol. The van der Waals surface area contributed by atoms with Crippen LogP contribution >= 0.6 is 0 Å². The van der Waals surface area contributed by atoms with Gasteiger partial charge in [0.15, 0.2) is 0 Å². The summed E-state index contributed by atoms with van der Waals surface area (Å²) >= 11 is 0. The van der Waals surface area contributed by atoms with Gasteiger partial charge in [0, 0.05) is 13.3 Å². The summed E-state index contributed by atoms with van der Waals surface area (Å²) in [5.41, 5.74) is 2.55. The molecule has 0 fully saturated rings. The first-order valence-corrected chi connectivity index (χ1v) is 10.5. The third-order valence-corrected chi connectivity index (χ3v) is 5.24. The number of hydrazone groups is 1. The van der Waals surface area contributed by atoms with Crippen molar-refractivity contribution in [3.05, 3.63) is 77.9 Å². The Balaban J connectivity index is 1.67.